The van der Waals surface area contributed by atoms with Crippen LogP contribution in [-0.4, -0.2) is 14.3 Å². The predicted octanol–water partition coefficient (Wildman–Crippen LogP) is 1.72. The molecule has 1 amide bonds. The maximum atomic E-state index is 13.2. The minimum absolute atomic E-state index is 0.0384. The number of carbonyl (C=O) groups excluding carboxylic acids is 1. The molecule has 0 aliphatic heterocycles. The lowest BCUT2D eigenvalue weighted by Crippen LogP contribution is -2.28. The van der Waals surface area contributed by atoms with Crippen molar-refractivity contribution in [2.45, 2.75) is 18.7 Å². The third-order valence-corrected chi connectivity index (χ3v) is 3.76. The lowest BCUT2D eigenvalue weighted by Gasteiger charge is -2.07. The number of hydrogen-bond donors (Lipinski definition) is 1. The van der Waals surface area contributed by atoms with Gasteiger partial charge in [-0.1, -0.05) is 0 Å². The molecule has 0 atom stereocenters. The fraction of sp³-hybridized carbons (Fsp3) is 0.222. The number of aryl methyl sites for hydroxylation is 1. The number of benzene rings is 1. The summed E-state index contributed by atoms with van der Waals surface area (Å²) in [6.07, 6.45) is 0. The second-order valence-corrected chi connectivity index (χ2v) is 5.73. The van der Waals surface area contributed by atoms with Gasteiger partial charge in [-0.25, -0.2) is 17.5 Å². The lowest BCUT2D eigenvalue weighted by molar-refractivity contribution is -0.117. The van der Waals surface area contributed by atoms with Crippen LogP contribution in [0, 0.1) is 12.7 Å². The van der Waals surface area contributed by atoms with Crippen LogP contribution in [0.25, 0.3) is 0 Å². The van der Waals surface area contributed by atoms with Gasteiger partial charge in [-0.2, -0.15) is 0 Å². The van der Waals surface area contributed by atoms with Gasteiger partial charge in [0.15, 0.2) is 0 Å². The molecule has 0 bridgehead atoms. The van der Waals surface area contributed by atoms with Crippen molar-refractivity contribution in [2.24, 2.45) is 0 Å². The Hall–Kier alpha value is -0.950. The third-order valence-electron chi connectivity index (χ3n) is 1.77. The number of amides is 1. The van der Waals surface area contributed by atoms with Crippen molar-refractivity contribution < 1.29 is 17.6 Å². The molecule has 0 aromatic heterocycles. The summed E-state index contributed by atoms with van der Waals surface area (Å²) in [5, 5.41) is 0. The van der Waals surface area contributed by atoms with Crippen LogP contribution in [0.15, 0.2) is 21.5 Å². The average Bonchev–Trinajstić information content (AvgIpc) is 2.11. The molecule has 0 saturated carbocycles. The monoisotopic (exact) mass is 309 g/mol. The quantitative estimate of drug-likeness (QED) is 0.905. The van der Waals surface area contributed by atoms with Crippen molar-refractivity contribution in [2.75, 3.05) is 0 Å². The molecule has 0 saturated heterocycles. The van der Waals surface area contributed by atoms with E-state index in [1.54, 1.807) is 4.72 Å². The van der Waals surface area contributed by atoms with Crippen molar-refractivity contribution in [3.63, 3.8) is 0 Å². The van der Waals surface area contributed by atoms with E-state index in [0.717, 1.165) is 19.1 Å². The maximum Gasteiger partial charge on any atom is 0.264 e. The Morgan fingerprint density at radius 1 is 1.44 bits per heavy atom. The van der Waals surface area contributed by atoms with Crippen LogP contribution in [0.4, 0.5) is 4.39 Å². The average molecular weight is 310 g/mol. The van der Waals surface area contributed by atoms with E-state index in [4.69, 9.17) is 0 Å². The number of nitrogens with one attached hydrogen (secondary N) is 1. The fourth-order valence-electron chi connectivity index (χ4n) is 1.10. The van der Waals surface area contributed by atoms with Gasteiger partial charge < -0.3 is 0 Å². The minimum Gasteiger partial charge on any atom is -0.274 e. The Kier molecular flexibility index (Phi) is 3.69. The van der Waals surface area contributed by atoms with Crippen LogP contribution in [0.3, 0.4) is 0 Å². The molecule has 0 fully saturated rings. The Balaban J connectivity index is 3.30. The van der Waals surface area contributed by atoms with Gasteiger partial charge in [-0.05, 0) is 40.5 Å². The summed E-state index contributed by atoms with van der Waals surface area (Å²) in [5.41, 5.74) is 0.179. The van der Waals surface area contributed by atoms with Gasteiger partial charge in [-0.3, -0.25) is 4.79 Å². The fourth-order valence-corrected chi connectivity index (χ4v) is 2.91. The number of rotatable bonds is 2. The highest BCUT2D eigenvalue weighted by atomic mass is 79.9. The molecule has 1 aromatic carbocycles. The molecule has 0 spiro atoms. The van der Waals surface area contributed by atoms with Gasteiger partial charge in [-0.15, -0.1) is 0 Å². The zero-order chi connectivity index (χ0) is 12.5. The first-order valence-electron chi connectivity index (χ1n) is 4.23. The zero-order valence-electron chi connectivity index (χ0n) is 8.54. The molecule has 1 aromatic rings. The zero-order valence-corrected chi connectivity index (χ0v) is 10.9. The smallest absolute Gasteiger partial charge is 0.264 e. The number of sulfonamides is 1. The molecule has 0 aliphatic carbocycles. The Morgan fingerprint density at radius 3 is 2.44 bits per heavy atom. The molecule has 1 rings (SSSR count). The van der Waals surface area contributed by atoms with Crippen molar-refractivity contribution in [1.82, 2.24) is 4.72 Å². The molecule has 0 radical (unpaired) electrons. The topological polar surface area (TPSA) is 63.2 Å². The standard InChI is InChI=1S/C9H9BrFNO3S/c1-5-3-7(4-8(10)9(5)11)16(14,15)12-6(2)13/h3-4H,1-2H3,(H,12,13). The molecule has 0 aliphatic rings. The summed E-state index contributed by atoms with van der Waals surface area (Å²) >= 11 is 2.90. The van der Waals surface area contributed by atoms with E-state index >= 15 is 0 Å². The van der Waals surface area contributed by atoms with Crippen LogP contribution in [0.1, 0.15) is 12.5 Å². The molecule has 88 valence electrons. The number of hydrogen-bond acceptors (Lipinski definition) is 3. The van der Waals surface area contributed by atoms with Gasteiger partial charge in [0.05, 0.1) is 9.37 Å². The minimum atomic E-state index is -3.92. The second kappa shape index (κ2) is 4.50. The van der Waals surface area contributed by atoms with Gasteiger partial charge in [0.1, 0.15) is 5.82 Å². The van der Waals surface area contributed by atoms with Crippen molar-refractivity contribution in [1.29, 1.82) is 0 Å². The van der Waals surface area contributed by atoms with Crippen LogP contribution < -0.4 is 4.72 Å². The van der Waals surface area contributed by atoms with E-state index in [2.05, 4.69) is 15.9 Å². The summed E-state index contributed by atoms with van der Waals surface area (Å²) in [7, 11) is -3.92. The van der Waals surface area contributed by atoms with E-state index in [-0.39, 0.29) is 14.9 Å². The van der Waals surface area contributed by atoms with E-state index in [1.807, 2.05) is 0 Å². The predicted molar refractivity (Wildman–Crippen MR) is 59.8 cm³/mol. The van der Waals surface area contributed by atoms with E-state index in [1.165, 1.54) is 6.92 Å². The highest BCUT2D eigenvalue weighted by molar-refractivity contribution is 9.10. The molecule has 7 heteroatoms. The van der Waals surface area contributed by atoms with E-state index in [9.17, 15) is 17.6 Å². The van der Waals surface area contributed by atoms with Crippen LogP contribution in [0.2, 0.25) is 0 Å². The second-order valence-electron chi connectivity index (χ2n) is 3.20. The summed E-state index contributed by atoms with van der Waals surface area (Å²) in [6, 6.07) is 2.26. The summed E-state index contributed by atoms with van der Waals surface area (Å²) in [5.74, 6) is -1.22. The number of carbonyl (C=O) groups is 1. The summed E-state index contributed by atoms with van der Waals surface area (Å²) < 4.78 is 38.2. The van der Waals surface area contributed by atoms with Gasteiger partial charge in [0.25, 0.3) is 10.0 Å². The third kappa shape index (κ3) is 2.79. The summed E-state index contributed by atoms with van der Waals surface area (Å²) in [4.78, 5) is 10.5. The van der Waals surface area contributed by atoms with Gasteiger partial charge in [0.2, 0.25) is 5.91 Å². The molecule has 16 heavy (non-hydrogen) atoms. The molecule has 4 nitrogen and oxygen atoms in total. The molecule has 0 unspecified atom stereocenters. The van der Waals surface area contributed by atoms with E-state index < -0.39 is 21.7 Å². The Bertz CT molecular complexity index is 519. The number of halogens is 2. The lowest BCUT2D eigenvalue weighted by atomic mass is 10.2. The normalized spacial score (nSPS) is 11.2. The first-order valence-corrected chi connectivity index (χ1v) is 6.50. The first kappa shape index (κ1) is 13.1. The Labute approximate surface area is 101 Å². The molecular formula is C9H9BrFNO3S. The van der Waals surface area contributed by atoms with Gasteiger partial charge in [0, 0.05) is 6.92 Å². The SMILES string of the molecule is CC(=O)NS(=O)(=O)c1cc(C)c(F)c(Br)c1. The van der Waals surface area contributed by atoms with Crippen LogP contribution in [-0.2, 0) is 14.8 Å². The first-order chi connectivity index (χ1) is 7.24. The van der Waals surface area contributed by atoms with E-state index in [0.29, 0.717) is 0 Å². The molecule has 1 N–H and O–H groups in total. The van der Waals surface area contributed by atoms with Crippen LogP contribution in [0.5, 0.6) is 0 Å². The van der Waals surface area contributed by atoms with Crippen molar-refractivity contribution in [3.05, 3.63) is 28.0 Å². The van der Waals surface area contributed by atoms with Crippen molar-refractivity contribution >= 4 is 31.9 Å². The van der Waals surface area contributed by atoms with Gasteiger partial charge >= 0.3 is 0 Å². The Morgan fingerprint density at radius 2 is 2.00 bits per heavy atom. The van der Waals surface area contributed by atoms with Crippen LogP contribution >= 0.6 is 15.9 Å². The molecular weight excluding hydrogens is 301 g/mol. The molecule has 0 heterocycles. The van der Waals surface area contributed by atoms with Crippen molar-refractivity contribution in [3.8, 4) is 0 Å². The highest BCUT2D eigenvalue weighted by Crippen LogP contribution is 2.23. The maximum absolute atomic E-state index is 13.2. The highest BCUT2D eigenvalue weighted by Gasteiger charge is 2.18. The summed E-state index contributed by atoms with van der Waals surface area (Å²) in [6.45, 7) is 2.52. The largest absolute Gasteiger partial charge is 0.274 e.